The molecule has 0 amide bonds. The van der Waals surface area contributed by atoms with Crippen LogP contribution in [0.25, 0.3) is 11.1 Å². The molecular weight excluding hydrogens is 1010 g/mol. The minimum atomic E-state index is -1.35. The smallest absolute Gasteiger partial charge is 0.609 e. The monoisotopic (exact) mass is 1040 g/mol. The van der Waals surface area contributed by atoms with Gasteiger partial charge in [0.1, 0.15) is 11.6 Å². The van der Waals surface area contributed by atoms with Crippen LogP contribution in [0, 0.1) is 36.3 Å². The van der Waals surface area contributed by atoms with Crippen molar-refractivity contribution in [2.45, 2.75) is 47.5 Å². The molecule has 0 saturated carbocycles. The molecule has 0 aliphatic heterocycles. The van der Waals surface area contributed by atoms with E-state index in [9.17, 15) is 23.2 Å². The fourth-order valence-electron chi connectivity index (χ4n) is 2.63. The second kappa shape index (κ2) is 26.0. The van der Waals surface area contributed by atoms with Crippen LogP contribution < -0.4 is 4.74 Å². The molecule has 10 heteroatoms. The first kappa shape index (κ1) is 43.8. The van der Waals surface area contributed by atoms with Crippen molar-refractivity contribution in [3.05, 3.63) is 78.6 Å². The fraction of sp³-hybridized carbons (Fsp3) is 0.321. The third kappa shape index (κ3) is 17.3. The van der Waals surface area contributed by atoms with E-state index in [2.05, 4.69) is 45.3 Å². The zero-order valence-corrected chi connectivity index (χ0v) is 30.7. The summed E-state index contributed by atoms with van der Waals surface area (Å²) in [5.74, 6) is -1.64. The predicted octanol–water partition coefficient (Wildman–Crippen LogP) is 6.93. The number of carboxylic acids is 1. The topological polar surface area (TPSA) is 80.7 Å². The Kier molecular flexibility index (Phi) is 29.9. The molecule has 206 valence electrons. The van der Waals surface area contributed by atoms with E-state index in [4.69, 9.17) is 5.11 Å². The predicted molar refractivity (Wildman–Crippen MR) is 133 cm³/mol. The van der Waals surface area contributed by atoms with Crippen molar-refractivity contribution in [1.82, 2.24) is 0 Å². The Morgan fingerprint density at radius 3 is 2.03 bits per heavy atom. The Morgan fingerprint density at radius 1 is 1.03 bits per heavy atom. The van der Waals surface area contributed by atoms with Gasteiger partial charge in [-0.2, -0.15) is 25.7 Å². The number of carboxylic acid groups (broad SMARTS) is 1. The number of hydrogen-bond acceptors (Lipinski definition) is 4. The van der Waals surface area contributed by atoms with E-state index in [1.165, 1.54) is 18.2 Å². The van der Waals surface area contributed by atoms with Crippen molar-refractivity contribution in [3.8, 4) is 16.9 Å². The zero-order valence-electron chi connectivity index (χ0n) is 21.9. The summed E-state index contributed by atoms with van der Waals surface area (Å²) in [6.07, 6.45) is 11.4. The zero-order chi connectivity index (χ0) is 26.8. The molecule has 0 aliphatic rings. The molecule has 0 aromatic heterocycles. The van der Waals surface area contributed by atoms with Gasteiger partial charge in [-0.1, -0.05) is 39.0 Å². The number of rotatable bonds is 10. The first-order valence-corrected chi connectivity index (χ1v) is 11.1. The van der Waals surface area contributed by atoms with Crippen LogP contribution in [-0.2, 0) is 72.8 Å². The van der Waals surface area contributed by atoms with Gasteiger partial charge in [-0.3, -0.25) is 6.29 Å². The van der Waals surface area contributed by atoms with Crippen LogP contribution >= 0.6 is 0 Å². The molecule has 38 heavy (non-hydrogen) atoms. The minimum Gasteiger partial charge on any atom is -0.609 e. The Balaban J connectivity index is -0.000000271. The van der Waals surface area contributed by atoms with Gasteiger partial charge in [-0.15, -0.1) is 18.6 Å². The van der Waals surface area contributed by atoms with E-state index in [-0.39, 0.29) is 85.6 Å². The summed E-state index contributed by atoms with van der Waals surface area (Å²) < 4.78 is 30.9. The van der Waals surface area contributed by atoms with Crippen LogP contribution in [0.15, 0.2) is 48.6 Å². The standard InChI is InChI=1S/C14H7F2O4.C8H16.C6H9O.3W/c15-9-2-3-10(12(16)6-9)8-1-4-13(20-7-17)11(5-8)14(18)19;1-5-7(3)8(4)6-2;1-2-3-4-5-6-7;;;/h1-6H,(H,18,19);5-8H,1-4H3;3-4H,2,5H2,1H3;;;/q-1;-2;-1;;2*+2/b;;4-3-;;;. The van der Waals surface area contributed by atoms with Crippen molar-refractivity contribution in [2.24, 2.45) is 11.8 Å². The molecule has 2 unspecified atom stereocenters. The van der Waals surface area contributed by atoms with Gasteiger partial charge in [-0.05, 0) is 29.9 Å². The molecule has 1 N–H and O–H groups in total. The van der Waals surface area contributed by atoms with Crippen LogP contribution in [0.1, 0.15) is 57.8 Å². The van der Waals surface area contributed by atoms with Gasteiger partial charge in [0.25, 0.3) is 0 Å². The summed E-state index contributed by atoms with van der Waals surface area (Å²) in [6, 6.07) is 6.63. The molecule has 0 fully saturated rings. The summed E-state index contributed by atoms with van der Waals surface area (Å²) in [5, 5.41) is 9.01. The number of allylic oxidation sites excluding steroid dienone is 2. The number of hydrogen-bond donors (Lipinski definition) is 1. The Bertz CT molecular complexity index is 964. The molecule has 5 nitrogen and oxygen atoms in total. The largest absolute Gasteiger partial charge is 2.00 e. The van der Waals surface area contributed by atoms with E-state index in [1.807, 2.05) is 19.1 Å². The van der Waals surface area contributed by atoms with E-state index < -0.39 is 17.6 Å². The van der Waals surface area contributed by atoms with Crippen LogP contribution in [0.2, 0.25) is 0 Å². The maximum absolute atomic E-state index is 13.6. The SMILES string of the molecule is CC/C=C\C[C-]=O.C[CH-]C(C)C(C)[CH-]C.O=[C-]Oc1ccc(-c2ccc(F)cc2F)cc1C(=O)O.[W+2].[W+2].[W]. The van der Waals surface area contributed by atoms with Gasteiger partial charge in [0, 0.05) is 38.3 Å². The van der Waals surface area contributed by atoms with Gasteiger partial charge in [0.15, 0.2) is 6.47 Å². The van der Waals surface area contributed by atoms with Gasteiger partial charge < -0.3 is 32.3 Å². The number of halogens is 2. The molecule has 0 bridgehead atoms. The van der Waals surface area contributed by atoms with Crippen LogP contribution in [-0.4, -0.2) is 23.8 Å². The number of aromatic carboxylic acids is 1. The molecular formula is C28H32F2O5W3. The Hall–Kier alpha value is -1.29. The average Bonchev–Trinajstić information content (AvgIpc) is 2.84. The van der Waals surface area contributed by atoms with Gasteiger partial charge in [-0.25, -0.2) is 13.6 Å². The van der Waals surface area contributed by atoms with Crippen molar-refractivity contribution in [3.63, 3.8) is 0 Å². The number of carbonyl (C=O) groups excluding carboxylic acids is 2. The van der Waals surface area contributed by atoms with Gasteiger partial charge in [0.2, 0.25) is 0 Å². The van der Waals surface area contributed by atoms with E-state index >= 15 is 0 Å². The maximum atomic E-state index is 13.6. The molecule has 0 radical (unpaired) electrons. The van der Waals surface area contributed by atoms with Crippen LogP contribution in [0.5, 0.6) is 5.75 Å². The minimum absolute atomic E-state index is 0. The second-order valence-corrected chi connectivity index (χ2v) is 7.44. The second-order valence-electron chi connectivity index (χ2n) is 7.44. The number of ether oxygens (including phenoxy) is 1. The Morgan fingerprint density at radius 2 is 1.61 bits per heavy atom. The van der Waals surface area contributed by atoms with Gasteiger partial charge >= 0.3 is 48.1 Å². The van der Waals surface area contributed by atoms with E-state index in [0.29, 0.717) is 12.5 Å². The summed E-state index contributed by atoms with van der Waals surface area (Å²) in [6.45, 7) is 11.9. The van der Waals surface area contributed by atoms with Crippen molar-refractivity contribution in [2.75, 3.05) is 0 Å². The Labute approximate surface area is 268 Å². The van der Waals surface area contributed by atoms with E-state index in [1.54, 1.807) is 6.29 Å². The molecule has 0 aliphatic carbocycles. The molecule has 2 aromatic carbocycles. The fourth-order valence-corrected chi connectivity index (χ4v) is 2.63. The van der Waals surface area contributed by atoms with Crippen molar-refractivity contribution < 1.29 is 96.2 Å². The van der Waals surface area contributed by atoms with E-state index in [0.717, 1.165) is 36.9 Å². The number of carbonyl (C=O) groups is 1. The normalized spacial score (nSPS) is 10.9. The molecule has 0 spiro atoms. The number of benzene rings is 2. The molecule has 2 rings (SSSR count). The van der Waals surface area contributed by atoms with Gasteiger partial charge in [0.05, 0.1) is 0 Å². The quantitative estimate of drug-likeness (QED) is 0.207. The molecule has 0 saturated heterocycles. The average molecular weight is 1040 g/mol. The summed E-state index contributed by atoms with van der Waals surface area (Å²) in [7, 11) is 0. The van der Waals surface area contributed by atoms with Crippen LogP contribution in [0.4, 0.5) is 8.78 Å². The summed E-state index contributed by atoms with van der Waals surface area (Å²) >= 11 is 0. The molecule has 2 aromatic rings. The first-order valence-electron chi connectivity index (χ1n) is 11.1. The first-order chi connectivity index (χ1) is 16.7. The molecule has 2 atom stereocenters. The van der Waals surface area contributed by atoms with Crippen LogP contribution in [0.3, 0.4) is 0 Å². The van der Waals surface area contributed by atoms with Crippen molar-refractivity contribution >= 4 is 18.7 Å². The summed E-state index contributed by atoms with van der Waals surface area (Å²) in [5.41, 5.74) is -0.0664. The van der Waals surface area contributed by atoms with Crippen molar-refractivity contribution in [1.29, 1.82) is 0 Å². The molecule has 0 heterocycles. The maximum Gasteiger partial charge on any atom is 2.00 e. The third-order valence-electron chi connectivity index (χ3n) is 5.09. The third-order valence-corrected chi connectivity index (χ3v) is 5.09. The summed E-state index contributed by atoms with van der Waals surface area (Å²) in [4.78, 5) is 30.7.